The molecule has 0 aromatic rings. The van der Waals surface area contributed by atoms with Gasteiger partial charge in [-0.15, -0.1) is 0 Å². The van der Waals surface area contributed by atoms with Gasteiger partial charge in [-0.25, -0.2) is 9.13 Å². The van der Waals surface area contributed by atoms with Crippen molar-refractivity contribution in [2.45, 2.75) is 342 Å². The van der Waals surface area contributed by atoms with Crippen LogP contribution in [0, 0.1) is 11.8 Å². The number of unbranched alkanes of at least 4 members (excludes halogenated alkanes) is 33. The molecule has 0 aliphatic rings. The Morgan fingerprint density at radius 2 is 0.607 bits per heavy atom. The molecule has 0 spiro atoms. The van der Waals surface area contributed by atoms with Crippen LogP contribution in [-0.4, -0.2) is 96.7 Å². The molecule has 0 bridgehead atoms. The third-order valence-electron chi connectivity index (χ3n) is 15.3. The van der Waals surface area contributed by atoms with E-state index in [1.165, 1.54) is 135 Å². The van der Waals surface area contributed by atoms with E-state index in [9.17, 15) is 43.2 Å². The van der Waals surface area contributed by atoms with Crippen molar-refractivity contribution in [2.24, 2.45) is 11.8 Å². The van der Waals surface area contributed by atoms with Gasteiger partial charge in [-0.05, 0) is 37.5 Å². The Kier molecular flexibility index (Phi) is 56.2. The van der Waals surface area contributed by atoms with Crippen molar-refractivity contribution in [3.8, 4) is 0 Å². The summed E-state index contributed by atoms with van der Waals surface area (Å²) in [4.78, 5) is 72.2. The number of hydrogen-bond donors (Lipinski definition) is 3. The number of carbonyl (C=O) groups excluding carboxylic acids is 4. The number of ether oxygens (including phenoxy) is 4. The lowest BCUT2D eigenvalue weighted by Crippen LogP contribution is -2.30. The van der Waals surface area contributed by atoms with E-state index in [4.69, 9.17) is 37.0 Å². The molecular weight excluding hydrogens is 1110 g/mol. The number of aliphatic hydroxyl groups excluding tert-OH is 1. The van der Waals surface area contributed by atoms with E-state index in [0.717, 1.165) is 108 Å². The Morgan fingerprint density at radius 1 is 0.345 bits per heavy atom. The van der Waals surface area contributed by atoms with Crippen molar-refractivity contribution in [3.05, 3.63) is 0 Å². The summed E-state index contributed by atoms with van der Waals surface area (Å²) in [6.45, 7) is 9.48. The molecule has 0 saturated heterocycles. The third-order valence-corrected chi connectivity index (χ3v) is 17.2. The molecule has 498 valence electrons. The van der Waals surface area contributed by atoms with Crippen molar-refractivity contribution in [2.75, 3.05) is 39.6 Å². The fourth-order valence-electron chi connectivity index (χ4n) is 9.68. The fourth-order valence-corrected chi connectivity index (χ4v) is 11.3. The molecular formula is C65H126O17P2. The highest BCUT2D eigenvalue weighted by molar-refractivity contribution is 7.47. The van der Waals surface area contributed by atoms with Gasteiger partial charge in [0.2, 0.25) is 0 Å². The highest BCUT2D eigenvalue weighted by atomic mass is 31.2. The summed E-state index contributed by atoms with van der Waals surface area (Å²) in [6, 6.07) is 0. The SMILES string of the molecule is CCCCCCCCCCCC(=O)O[C@H](COC(=O)CCCCCCCCCC)COP(=O)(O)OC[C@H](O)COP(=O)(O)OC[C@@H](COC(=O)CCCCCCCCCCC(C)CC)OC(=O)CCCCCCCCCCCCCCC(C)C. The largest absolute Gasteiger partial charge is 0.472 e. The first kappa shape index (κ1) is 82.1. The van der Waals surface area contributed by atoms with Gasteiger partial charge in [0.05, 0.1) is 26.4 Å². The summed E-state index contributed by atoms with van der Waals surface area (Å²) in [5.74, 6) is -0.581. The van der Waals surface area contributed by atoms with E-state index in [1.807, 2.05) is 0 Å². The highest BCUT2D eigenvalue weighted by Crippen LogP contribution is 2.45. The maximum Gasteiger partial charge on any atom is 0.472 e. The predicted molar refractivity (Wildman–Crippen MR) is 335 cm³/mol. The van der Waals surface area contributed by atoms with Gasteiger partial charge in [-0.3, -0.25) is 37.3 Å². The lowest BCUT2D eigenvalue weighted by atomic mass is 9.99. The number of phosphoric ester groups is 2. The Morgan fingerprint density at radius 3 is 0.905 bits per heavy atom. The van der Waals surface area contributed by atoms with Crippen LogP contribution in [0.15, 0.2) is 0 Å². The zero-order valence-electron chi connectivity index (χ0n) is 54.2. The standard InChI is InChI=1S/C65H126O17P2/c1-7-10-12-14-16-22-31-37-43-49-64(69)81-60(53-75-62(67)47-41-35-29-17-15-13-11-8-2)55-79-83(71,72)77-51-59(66)52-78-84(73,74)80-56-61(54-76-63(68)48-42-36-30-26-25-28-34-40-46-58(6)9-3)82-65(70)50-44-38-32-24-21-19-18-20-23-27-33-39-45-57(4)5/h57-61,66H,7-56H2,1-6H3,(H,71,72)(H,73,74)/t58?,59-,60+,61+/m0/s1. The van der Waals surface area contributed by atoms with Crippen molar-refractivity contribution >= 4 is 39.5 Å². The molecule has 6 atom stereocenters. The molecule has 3 N–H and O–H groups in total. The van der Waals surface area contributed by atoms with Crippen molar-refractivity contribution in [1.29, 1.82) is 0 Å². The van der Waals surface area contributed by atoms with Crippen LogP contribution >= 0.6 is 15.6 Å². The van der Waals surface area contributed by atoms with Crippen LogP contribution in [0.4, 0.5) is 0 Å². The molecule has 0 aromatic carbocycles. The van der Waals surface area contributed by atoms with Gasteiger partial charge in [0.25, 0.3) is 0 Å². The van der Waals surface area contributed by atoms with Crippen LogP contribution < -0.4 is 0 Å². The van der Waals surface area contributed by atoms with Gasteiger partial charge < -0.3 is 33.8 Å². The second kappa shape index (κ2) is 57.5. The molecule has 0 fully saturated rings. The topological polar surface area (TPSA) is 237 Å². The van der Waals surface area contributed by atoms with Crippen molar-refractivity contribution in [3.63, 3.8) is 0 Å². The number of phosphoric acid groups is 2. The van der Waals surface area contributed by atoms with Gasteiger partial charge in [-0.1, -0.05) is 273 Å². The molecule has 0 saturated carbocycles. The van der Waals surface area contributed by atoms with E-state index >= 15 is 0 Å². The summed E-state index contributed by atoms with van der Waals surface area (Å²) in [6.07, 6.45) is 40.3. The average molecular weight is 1240 g/mol. The minimum atomic E-state index is -4.95. The smallest absolute Gasteiger partial charge is 0.462 e. The number of carbonyl (C=O) groups is 4. The molecule has 3 unspecified atom stereocenters. The average Bonchev–Trinajstić information content (AvgIpc) is 3.47. The molecule has 0 aliphatic heterocycles. The van der Waals surface area contributed by atoms with Crippen molar-refractivity contribution < 1.29 is 80.2 Å². The Balaban J connectivity index is 5.22. The summed E-state index contributed by atoms with van der Waals surface area (Å²) < 4.78 is 68.0. The lowest BCUT2D eigenvalue weighted by molar-refractivity contribution is -0.161. The van der Waals surface area contributed by atoms with E-state index in [1.54, 1.807) is 0 Å². The van der Waals surface area contributed by atoms with Crippen LogP contribution in [0.25, 0.3) is 0 Å². The van der Waals surface area contributed by atoms with E-state index in [2.05, 4.69) is 41.5 Å². The minimum Gasteiger partial charge on any atom is -0.462 e. The fraction of sp³-hybridized carbons (Fsp3) is 0.938. The summed E-state index contributed by atoms with van der Waals surface area (Å²) in [7, 11) is -9.88. The number of rotatable bonds is 64. The third kappa shape index (κ3) is 57.8. The van der Waals surface area contributed by atoms with E-state index in [-0.39, 0.29) is 25.7 Å². The maximum atomic E-state index is 13.0. The van der Waals surface area contributed by atoms with Crippen LogP contribution in [0.2, 0.25) is 0 Å². The Labute approximate surface area is 511 Å². The molecule has 19 heteroatoms. The molecule has 0 radical (unpaired) electrons. The predicted octanol–water partition coefficient (Wildman–Crippen LogP) is 18.0. The van der Waals surface area contributed by atoms with Crippen molar-refractivity contribution in [1.82, 2.24) is 0 Å². The minimum absolute atomic E-state index is 0.105. The number of esters is 4. The van der Waals surface area contributed by atoms with Crippen LogP contribution in [0.5, 0.6) is 0 Å². The first-order valence-corrected chi connectivity index (χ1v) is 37.0. The molecule has 17 nitrogen and oxygen atoms in total. The van der Waals surface area contributed by atoms with E-state index in [0.29, 0.717) is 25.7 Å². The molecule has 0 heterocycles. The zero-order valence-corrected chi connectivity index (χ0v) is 56.0. The molecule has 0 aromatic heterocycles. The molecule has 0 aliphatic carbocycles. The highest BCUT2D eigenvalue weighted by Gasteiger charge is 2.30. The van der Waals surface area contributed by atoms with Gasteiger partial charge >= 0.3 is 39.5 Å². The summed E-state index contributed by atoms with van der Waals surface area (Å²) in [5.41, 5.74) is 0. The van der Waals surface area contributed by atoms with Crippen LogP contribution in [-0.2, 0) is 65.4 Å². The van der Waals surface area contributed by atoms with Crippen LogP contribution in [0.1, 0.15) is 324 Å². The molecule has 84 heavy (non-hydrogen) atoms. The first-order valence-electron chi connectivity index (χ1n) is 34.0. The normalized spacial score (nSPS) is 14.6. The first-order chi connectivity index (χ1) is 40.4. The second-order valence-electron chi connectivity index (χ2n) is 24.2. The summed E-state index contributed by atoms with van der Waals surface area (Å²) in [5, 5.41) is 10.5. The van der Waals surface area contributed by atoms with E-state index < -0.39 is 97.5 Å². The second-order valence-corrected chi connectivity index (χ2v) is 27.1. The van der Waals surface area contributed by atoms with Crippen LogP contribution in [0.3, 0.4) is 0 Å². The monoisotopic (exact) mass is 1240 g/mol. The van der Waals surface area contributed by atoms with Gasteiger partial charge in [0.1, 0.15) is 19.3 Å². The van der Waals surface area contributed by atoms with Gasteiger partial charge in [-0.2, -0.15) is 0 Å². The quantitative estimate of drug-likeness (QED) is 0.0222. The Hall–Kier alpha value is -1.94. The maximum absolute atomic E-state index is 13.0. The summed E-state index contributed by atoms with van der Waals surface area (Å²) >= 11 is 0. The number of aliphatic hydroxyl groups is 1. The Bertz CT molecular complexity index is 1650. The molecule has 0 amide bonds. The molecule has 0 rings (SSSR count). The van der Waals surface area contributed by atoms with Gasteiger partial charge in [0, 0.05) is 25.7 Å². The lowest BCUT2D eigenvalue weighted by Gasteiger charge is -2.21. The zero-order chi connectivity index (χ0) is 62.2. The number of hydrogen-bond acceptors (Lipinski definition) is 15. The van der Waals surface area contributed by atoms with Gasteiger partial charge in [0.15, 0.2) is 12.2 Å².